The summed E-state index contributed by atoms with van der Waals surface area (Å²) in [7, 11) is 0. The van der Waals surface area contributed by atoms with Gasteiger partial charge in [0.05, 0.1) is 17.3 Å². The molecule has 10 atom stereocenters. The molecule has 10 heteroatoms. The van der Waals surface area contributed by atoms with Crippen molar-refractivity contribution in [2.45, 2.75) is 158 Å². The van der Waals surface area contributed by atoms with Crippen molar-refractivity contribution in [1.29, 1.82) is 0 Å². The first-order valence-electron chi connectivity index (χ1n) is 21.3. The highest BCUT2D eigenvalue weighted by Gasteiger charge is 2.86. The van der Waals surface area contributed by atoms with Gasteiger partial charge in [0.1, 0.15) is 12.2 Å². The van der Waals surface area contributed by atoms with E-state index in [0.717, 1.165) is 56.1 Å². The van der Waals surface area contributed by atoms with E-state index in [4.69, 9.17) is 25.9 Å². The van der Waals surface area contributed by atoms with E-state index < -0.39 is 45.9 Å². The van der Waals surface area contributed by atoms with Crippen LogP contribution in [0.3, 0.4) is 0 Å². The standard InChI is InChI=1S/C47H63ClN2O7/c1-28(2)37-32(52)23-46(35(56-29(3)51)26-49-25-30-12-11-13-31(48)22-30)20-19-45(10)41(6)18-21-47-42(7,33(41)14-16-43(45,8)38(37)46)17-15-34(44(47,9)27-50-47)57-36(53)24-40(4,5)39(54)55/h11-13,22,28,33-35,49H,14-21,23-26H2,1-10H3/p+1/t33-,34-,35+,41+,42+,43+,44+,45-,46-,47-/m0/s1. The highest BCUT2D eigenvalue weighted by atomic mass is 35.5. The van der Waals surface area contributed by atoms with Crippen molar-refractivity contribution in [2.75, 3.05) is 6.54 Å². The Bertz CT molecular complexity index is 2000. The summed E-state index contributed by atoms with van der Waals surface area (Å²) in [5.74, 6) is -1.31. The molecule has 4 saturated carbocycles. The topological polar surface area (TPSA) is 123 Å². The molecule has 310 valence electrons. The molecule has 7 rings (SSSR count). The summed E-state index contributed by atoms with van der Waals surface area (Å²) in [4.78, 5) is 57.6. The Labute approximate surface area is 344 Å². The number of hydrogen-bond donors (Lipinski definition) is 2. The number of allylic oxidation sites excluding steroid dienone is 1. The van der Waals surface area contributed by atoms with Gasteiger partial charge in [-0.1, -0.05) is 70.1 Å². The van der Waals surface area contributed by atoms with Crippen molar-refractivity contribution in [3.05, 3.63) is 50.8 Å². The number of ether oxygens (including phenoxy) is 2. The summed E-state index contributed by atoms with van der Waals surface area (Å²) < 4.78 is 12.5. The number of benzene rings is 1. The second-order valence-corrected chi connectivity index (χ2v) is 21.3. The lowest BCUT2D eigenvalue weighted by molar-refractivity contribution is -0.250. The van der Waals surface area contributed by atoms with Crippen LogP contribution < -0.4 is 5.32 Å². The molecule has 6 aliphatic rings. The van der Waals surface area contributed by atoms with Gasteiger partial charge in [0.15, 0.2) is 5.78 Å². The summed E-state index contributed by atoms with van der Waals surface area (Å²) in [6.45, 7) is 21.9. The molecule has 1 spiro atoms. The molecule has 1 heterocycles. The number of rotatable bonds is 11. The molecule has 1 aromatic carbocycles. The zero-order valence-corrected chi connectivity index (χ0v) is 36.6. The number of nitrogens with zero attached hydrogens (tertiary/aromatic N) is 1. The van der Waals surface area contributed by atoms with Crippen LogP contribution in [0.15, 0.2) is 35.4 Å². The number of carboxylic acid groups (broad SMARTS) is 1. The highest BCUT2D eigenvalue weighted by Crippen LogP contribution is 2.82. The van der Waals surface area contributed by atoms with Crippen LogP contribution in [0.5, 0.6) is 0 Å². The first kappa shape index (κ1) is 41.9. The highest BCUT2D eigenvalue weighted by molar-refractivity contribution is 6.30. The normalized spacial score (nSPS) is 39.6. The Hall–Kier alpha value is -3.22. The summed E-state index contributed by atoms with van der Waals surface area (Å²) in [6.07, 6.45) is 6.05. The van der Waals surface area contributed by atoms with Crippen molar-refractivity contribution in [3.63, 3.8) is 0 Å². The summed E-state index contributed by atoms with van der Waals surface area (Å²) in [6, 6.07) is 11.2. The molecule has 0 saturated heterocycles. The van der Waals surface area contributed by atoms with Gasteiger partial charge in [-0.3, -0.25) is 19.2 Å². The van der Waals surface area contributed by atoms with Crippen LogP contribution in [0.4, 0.5) is 0 Å². The Balaban J connectivity index is 1.23. The molecule has 2 N–H and O–H groups in total. The van der Waals surface area contributed by atoms with E-state index in [0.29, 0.717) is 36.9 Å². The average Bonchev–Trinajstić information content (AvgIpc) is 3.43. The molecule has 0 unspecified atom stereocenters. The lowest BCUT2D eigenvalue weighted by Crippen LogP contribution is -2.76. The Morgan fingerprint density at radius 2 is 1.74 bits per heavy atom. The van der Waals surface area contributed by atoms with Crippen LogP contribution in [0.1, 0.15) is 139 Å². The average molecular weight is 804 g/mol. The molecule has 0 aromatic heterocycles. The molecule has 4 fully saturated rings. The van der Waals surface area contributed by atoms with Crippen LogP contribution in [-0.2, 0) is 35.2 Å². The van der Waals surface area contributed by atoms with Crippen LogP contribution in [0.2, 0.25) is 5.02 Å². The third-order valence-electron chi connectivity index (χ3n) is 17.5. The van der Waals surface area contributed by atoms with Gasteiger partial charge < -0.3 is 19.9 Å². The second kappa shape index (κ2) is 13.7. The monoisotopic (exact) mass is 803 g/mol. The molecule has 0 amide bonds. The number of nitrogens with one attached hydrogen (secondary N) is 1. The summed E-state index contributed by atoms with van der Waals surface area (Å²) in [5, 5.41) is 13.9. The molecule has 57 heavy (non-hydrogen) atoms. The van der Waals surface area contributed by atoms with Crippen molar-refractivity contribution >= 4 is 35.3 Å². The maximum absolute atomic E-state index is 14.5. The van der Waals surface area contributed by atoms with Gasteiger partial charge in [-0.2, -0.15) is 0 Å². The van der Waals surface area contributed by atoms with Gasteiger partial charge in [0.2, 0.25) is 5.41 Å². The minimum atomic E-state index is -1.22. The van der Waals surface area contributed by atoms with Crippen molar-refractivity contribution in [3.8, 4) is 6.07 Å². The number of aliphatic carboxylic acids is 1. The predicted octanol–water partition coefficient (Wildman–Crippen LogP) is 9.59. The van der Waals surface area contributed by atoms with Crippen LogP contribution >= 0.6 is 11.6 Å². The smallest absolute Gasteiger partial charge is 0.312 e. The third kappa shape index (κ3) is 5.76. The molecule has 1 aromatic rings. The van der Waals surface area contributed by atoms with Crippen molar-refractivity contribution in [1.82, 2.24) is 5.32 Å². The fourth-order valence-corrected chi connectivity index (χ4v) is 14.4. The van der Waals surface area contributed by atoms with Crippen LogP contribution in [-0.4, -0.2) is 53.1 Å². The fraction of sp³-hybridized carbons (Fsp3) is 0.723. The van der Waals surface area contributed by atoms with E-state index in [1.807, 2.05) is 24.3 Å². The lowest BCUT2D eigenvalue weighted by atomic mass is 9.28. The molecule has 1 aliphatic heterocycles. The first-order chi connectivity index (χ1) is 26.5. The molecule has 0 radical (unpaired) electrons. The van der Waals surface area contributed by atoms with Crippen LogP contribution in [0.25, 0.3) is 4.85 Å². The number of carboxylic acids is 1. The van der Waals surface area contributed by atoms with E-state index in [1.165, 1.54) is 12.5 Å². The van der Waals surface area contributed by atoms with Gasteiger partial charge in [-0.15, -0.1) is 0 Å². The minimum Gasteiger partial charge on any atom is -0.481 e. The largest absolute Gasteiger partial charge is 0.481 e. The van der Waals surface area contributed by atoms with Crippen molar-refractivity contribution in [2.24, 2.45) is 49.7 Å². The third-order valence-corrected chi connectivity index (χ3v) is 17.7. The Morgan fingerprint density at radius 3 is 2.35 bits per heavy atom. The van der Waals surface area contributed by atoms with E-state index in [-0.39, 0.29) is 45.8 Å². The number of carbonyl (C=O) groups excluding carboxylic acids is 3. The van der Waals surface area contributed by atoms with Gasteiger partial charge in [0, 0.05) is 43.3 Å². The number of hydrogen-bond acceptors (Lipinski definition) is 7. The predicted molar refractivity (Wildman–Crippen MR) is 219 cm³/mol. The van der Waals surface area contributed by atoms with Gasteiger partial charge >= 0.3 is 23.4 Å². The number of halogens is 1. The van der Waals surface area contributed by atoms with Crippen molar-refractivity contribution < 1.29 is 33.8 Å². The maximum Gasteiger partial charge on any atom is 0.312 e. The number of carbonyl (C=O) groups is 4. The van der Waals surface area contributed by atoms with E-state index in [2.05, 4.69) is 59.9 Å². The first-order valence-corrected chi connectivity index (χ1v) is 21.7. The van der Waals surface area contributed by atoms with Gasteiger partial charge in [0.25, 0.3) is 6.07 Å². The lowest BCUT2D eigenvalue weighted by Gasteiger charge is -2.74. The summed E-state index contributed by atoms with van der Waals surface area (Å²) >= 11 is 6.30. The van der Waals surface area contributed by atoms with Gasteiger partial charge in [-0.25, -0.2) is 0 Å². The molecule has 9 nitrogen and oxygen atoms in total. The van der Waals surface area contributed by atoms with E-state index in [1.54, 1.807) is 13.8 Å². The molecule has 0 bridgehead atoms. The molecular formula is C47H64ClN2O7+. The minimum absolute atomic E-state index is 0.0308. The zero-order chi connectivity index (χ0) is 41.8. The van der Waals surface area contributed by atoms with E-state index in [9.17, 15) is 24.3 Å². The number of Topliss-reactive ketones (excluding diaryl/α,β-unsaturated/α-hetero) is 1. The number of esters is 2. The van der Waals surface area contributed by atoms with E-state index >= 15 is 0 Å². The van der Waals surface area contributed by atoms with Gasteiger partial charge in [-0.05, 0) is 123 Å². The second-order valence-electron chi connectivity index (χ2n) is 20.8. The number of ketones is 1. The maximum atomic E-state index is 14.5. The molecule has 5 aliphatic carbocycles. The zero-order valence-electron chi connectivity index (χ0n) is 35.8. The van der Waals surface area contributed by atoms with Crippen LogP contribution in [0, 0.1) is 55.8 Å². The number of fused-ring (bicyclic) bond motifs is 6. The Morgan fingerprint density at radius 1 is 1.02 bits per heavy atom. The summed E-state index contributed by atoms with van der Waals surface area (Å²) in [5.41, 5.74) is -0.410. The molecular weight excluding hydrogens is 740 g/mol. The Kier molecular flexibility index (Phi) is 10.0. The SMILES string of the molecule is CC(=O)O[C@H](CNCc1cccc(Cl)c1)[C@@]12CC[C@]3(C)[C@](C)(CC[C@H]4[C@@]3(C)CC[C@@]35[N+]#C[C@]3(C)[C@@H](OC(=O)CC(C)(C)C(=O)O)CC[C@]45C)C1=C(C(C)C)C(=O)C2. The quantitative estimate of drug-likeness (QED) is 0.212. The fourth-order valence-electron chi connectivity index (χ4n) is 14.1.